The number of hydrogen-bond acceptors (Lipinski definition) is 6. The highest BCUT2D eigenvalue weighted by Gasteiger charge is 2.18. The molecule has 0 aliphatic carbocycles. The molecule has 1 N–H and O–H groups in total. The summed E-state index contributed by atoms with van der Waals surface area (Å²) in [4.78, 5) is 8.87. The Hall–Kier alpha value is -2.67. The van der Waals surface area contributed by atoms with Crippen molar-refractivity contribution in [3.63, 3.8) is 0 Å². The second-order valence-corrected chi connectivity index (χ2v) is 8.83. The van der Waals surface area contributed by atoms with Crippen LogP contribution in [0.25, 0.3) is 10.9 Å². The molecule has 0 amide bonds. The number of fused-ring (bicyclic) bond motifs is 1. The van der Waals surface area contributed by atoms with Crippen LogP contribution in [0.5, 0.6) is 5.75 Å². The van der Waals surface area contributed by atoms with Gasteiger partial charge in [0.1, 0.15) is 17.9 Å². The summed E-state index contributed by atoms with van der Waals surface area (Å²) in [5, 5.41) is 4.15. The van der Waals surface area contributed by atoms with Gasteiger partial charge in [-0.1, -0.05) is 26.0 Å². The van der Waals surface area contributed by atoms with E-state index in [4.69, 9.17) is 4.74 Å². The minimum Gasteiger partial charge on any atom is -0.497 e. The quantitative estimate of drug-likeness (QED) is 0.694. The molecule has 0 fully saturated rings. The standard InChI is InChI=1S/C20H23N3O3S/c1-13(2)19(14-5-7-15(26-3)8-6-14)23-20-17-11-16(27(4,24)25)9-10-18(17)21-12-22-20/h5-13,19H,1-4H3,(H,21,22,23). The molecule has 0 spiro atoms. The molecule has 0 aliphatic heterocycles. The van der Waals surface area contributed by atoms with Gasteiger partial charge >= 0.3 is 0 Å². The molecule has 7 heteroatoms. The van der Waals surface area contributed by atoms with E-state index in [1.54, 1.807) is 25.3 Å². The van der Waals surface area contributed by atoms with Crippen molar-refractivity contribution in [2.45, 2.75) is 24.8 Å². The molecule has 6 nitrogen and oxygen atoms in total. The van der Waals surface area contributed by atoms with Gasteiger partial charge in [0.05, 0.1) is 23.6 Å². The van der Waals surface area contributed by atoms with Crippen LogP contribution in [0, 0.1) is 5.92 Å². The SMILES string of the molecule is COc1ccc(C(Nc2ncnc3ccc(S(C)(=O)=O)cc23)C(C)C)cc1. The van der Waals surface area contributed by atoms with E-state index in [0.717, 1.165) is 11.3 Å². The Morgan fingerprint density at radius 1 is 1.04 bits per heavy atom. The van der Waals surface area contributed by atoms with E-state index in [1.807, 2.05) is 24.3 Å². The first kappa shape index (κ1) is 19.1. The van der Waals surface area contributed by atoms with Gasteiger partial charge in [0.25, 0.3) is 0 Å². The van der Waals surface area contributed by atoms with Crippen LogP contribution in [-0.2, 0) is 9.84 Å². The van der Waals surface area contributed by atoms with Gasteiger partial charge in [0.2, 0.25) is 0 Å². The Kier molecular flexibility index (Phi) is 5.32. The molecule has 1 atom stereocenters. The lowest BCUT2D eigenvalue weighted by molar-refractivity contribution is 0.414. The number of anilines is 1. The predicted octanol–water partition coefficient (Wildman–Crippen LogP) is 3.85. The number of rotatable bonds is 6. The molecule has 27 heavy (non-hydrogen) atoms. The third-order valence-corrected chi connectivity index (χ3v) is 5.58. The zero-order valence-electron chi connectivity index (χ0n) is 15.8. The number of aromatic nitrogens is 2. The van der Waals surface area contributed by atoms with E-state index in [9.17, 15) is 8.42 Å². The van der Waals surface area contributed by atoms with Crippen molar-refractivity contribution in [3.8, 4) is 5.75 Å². The monoisotopic (exact) mass is 385 g/mol. The Morgan fingerprint density at radius 2 is 1.74 bits per heavy atom. The average molecular weight is 385 g/mol. The van der Waals surface area contributed by atoms with Crippen molar-refractivity contribution in [1.82, 2.24) is 9.97 Å². The Labute approximate surface area is 159 Å². The average Bonchev–Trinajstić information content (AvgIpc) is 2.65. The molecule has 0 saturated carbocycles. The van der Waals surface area contributed by atoms with Crippen molar-refractivity contribution in [2.75, 3.05) is 18.7 Å². The Bertz CT molecular complexity index is 1050. The molecular formula is C20H23N3O3S. The van der Waals surface area contributed by atoms with E-state index >= 15 is 0 Å². The lowest BCUT2D eigenvalue weighted by Crippen LogP contribution is -2.18. The number of nitrogens with zero attached hydrogens (tertiary/aromatic N) is 2. The van der Waals surface area contributed by atoms with E-state index < -0.39 is 9.84 Å². The number of ether oxygens (including phenoxy) is 1. The van der Waals surface area contributed by atoms with Gasteiger partial charge < -0.3 is 10.1 Å². The predicted molar refractivity (Wildman–Crippen MR) is 107 cm³/mol. The number of hydrogen-bond donors (Lipinski definition) is 1. The molecule has 3 rings (SSSR count). The molecule has 142 valence electrons. The summed E-state index contributed by atoms with van der Waals surface area (Å²) in [6, 6.07) is 12.8. The highest BCUT2D eigenvalue weighted by atomic mass is 32.2. The molecule has 3 aromatic rings. The van der Waals surface area contributed by atoms with Crippen molar-refractivity contribution in [3.05, 3.63) is 54.4 Å². The minimum absolute atomic E-state index is 0.00380. The van der Waals surface area contributed by atoms with E-state index in [2.05, 4.69) is 29.1 Å². The van der Waals surface area contributed by atoms with E-state index in [1.165, 1.54) is 12.6 Å². The molecule has 1 heterocycles. The van der Waals surface area contributed by atoms with Crippen LogP contribution in [-0.4, -0.2) is 31.8 Å². The third kappa shape index (κ3) is 4.19. The van der Waals surface area contributed by atoms with Crippen LogP contribution in [0.1, 0.15) is 25.5 Å². The maximum absolute atomic E-state index is 11.9. The number of benzene rings is 2. The third-order valence-electron chi connectivity index (χ3n) is 4.47. The summed E-state index contributed by atoms with van der Waals surface area (Å²) in [6.45, 7) is 4.24. The summed E-state index contributed by atoms with van der Waals surface area (Å²) in [7, 11) is -1.67. The smallest absolute Gasteiger partial charge is 0.175 e. The molecule has 1 aromatic heterocycles. The highest BCUT2D eigenvalue weighted by Crippen LogP contribution is 2.30. The zero-order valence-corrected chi connectivity index (χ0v) is 16.6. The van der Waals surface area contributed by atoms with Crippen LogP contribution in [0.2, 0.25) is 0 Å². The molecule has 0 bridgehead atoms. The fourth-order valence-electron chi connectivity index (χ4n) is 2.97. The van der Waals surface area contributed by atoms with Crippen molar-refractivity contribution in [2.24, 2.45) is 5.92 Å². The van der Waals surface area contributed by atoms with Gasteiger partial charge in [-0.15, -0.1) is 0 Å². The first-order valence-corrected chi connectivity index (χ1v) is 10.5. The number of methoxy groups -OCH3 is 1. The maximum atomic E-state index is 11.9. The summed E-state index contributed by atoms with van der Waals surface area (Å²) >= 11 is 0. The minimum atomic E-state index is -3.31. The van der Waals surface area contributed by atoms with Crippen LogP contribution >= 0.6 is 0 Å². The largest absolute Gasteiger partial charge is 0.497 e. The normalized spacial score (nSPS) is 12.9. The van der Waals surface area contributed by atoms with Gasteiger partial charge in [-0.05, 0) is 41.8 Å². The van der Waals surface area contributed by atoms with Crippen LogP contribution in [0.15, 0.2) is 53.7 Å². The molecule has 2 aromatic carbocycles. The van der Waals surface area contributed by atoms with E-state index in [-0.39, 0.29) is 16.9 Å². The van der Waals surface area contributed by atoms with Crippen LogP contribution < -0.4 is 10.1 Å². The van der Waals surface area contributed by atoms with Gasteiger partial charge in [0.15, 0.2) is 9.84 Å². The topological polar surface area (TPSA) is 81.2 Å². The summed E-state index contributed by atoms with van der Waals surface area (Å²) < 4.78 is 29.1. The van der Waals surface area contributed by atoms with Crippen molar-refractivity contribution in [1.29, 1.82) is 0 Å². The second kappa shape index (κ2) is 7.52. The fourth-order valence-corrected chi connectivity index (χ4v) is 3.62. The molecule has 0 radical (unpaired) electrons. The van der Waals surface area contributed by atoms with Crippen LogP contribution in [0.4, 0.5) is 5.82 Å². The summed E-state index contributed by atoms with van der Waals surface area (Å²) in [5.41, 5.74) is 1.79. The zero-order chi connectivity index (χ0) is 19.6. The molecule has 0 saturated heterocycles. The lowest BCUT2D eigenvalue weighted by Gasteiger charge is -2.24. The van der Waals surface area contributed by atoms with Gasteiger partial charge in [-0.3, -0.25) is 0 Å². The maximum Gasteiger partial charge on any atom is 0.175 e. The van der Waals surface area contributed by atoms with Crippen LogP contribution in [0.3, 0.4) is 0 Å². The first-order chi connectivity index (χ1) is 12.8. The highest BCUT2D eigenvalue weighted by molar-refractivity contribution is 7.90. The van der Waals surface area contributed by atoms with Crippen molar-refractivity contribution < 1.29 is 13.2 Å². The first-order valence-electron chi connectivity index (χ1n) is 8.65. The Morgan fingerprint density at radius 3 is 2.33 bits per heavy atom. The molecule has 0 aliphatic rings. The summed E-state index contributed by atoms with van der Waals surface area (Å²) in [6.07, 6.45) is 2.68. The Balaban J connectivity index is 2.04. The van der Waals surface area contributed by atoms with Crippen molar-refractivity contribution >= 4 is 26.6 Å². The second-order valence-electron chi connectivity index (χ2n) is 6.81. The summed E-state index contributed by atoms with van der Waals surface area (Å²) in [5.74, 6) is 1.69. The van der Waals surface area contributed by atoms with Gasteiger partial charge in [-0.25, -0.2) is 18.4 Å². The van der Waals surface area contributed by atoms with Gasteiger partial charge in [0, 0.05) is 11.6 Å². The number of nitrogens with one attached hydrogen (secondary N) is 1. The molecule has 1 unspecified atom stereocenters. The fraction of sp³-hybridized carbons (Fsp3) is 0.300. The van der Waals surface area contributed by atoms with Gasteiger partial charge in [-0.2, -0.15) is 0 Å². The lowest BCUT2D eigenvalue weighted by atomic mass is 9.95. The van der Waals surface area contributed by atoms with E-state index in [0.29, 0.717) is 16.7 Å². The number of sulfone groups is 1. The molecular weight excluding hydrogens is 362 g/mol.